The summed E-state index contributed by atoms with van der Waals surface area (Å²) in [5, 5.41) is 5.06. The quantitative estimate of drug-likeness (QED) is 0.580. The highest BCUT2D eigenvalue weighted by Crippen LogP contribution is 2.38. The van der Waals surface area contributed by atoms with E-state index in [0.717, 1.165) is 44.7 Å². The average Bonchev–Trinajstić information content (AvgIpc) is 3.04. The molecule has 1 aromatic carbocycles. The van der Waals surface area contributed by atoms with Gasteiger partial charge in [-0.15, -0.1) is 0 Å². The van der Waals surface area contributed by atoms with E-state index < -0.39 is 0 Å². The van der Waals surface area contributed by atoms with Crippen molar-refractivity contribution in [3.05, 3.63) is 53.9 Å². The number of anilines is 1. The number of pyridine rings is 1. The number of benzene rings is 1. The molecule has 0 bridgehead atoms. The van der Waals surface area contributed by atoms with Crippen LogP contribution in [-0.2, 0) is 0 Å². The molecular weight excluding hydrogens is 326 g/mol. The number of rotatable bonds is 6. The average molecular weight is 344 g/mol. The first-order valence-corrected chi connectivity index (χ1v) is 8.88. The molecule has 0 aliphatic carbocycles. The molecule has 0 spiro atoms. The number of nitrogens with zero attached hydrogens (tertiary/aromatic N) is 2. The fraction of sp³-hybridized carbons (Fsp3) is 0.222. The van der Waals surface area contributed by atoms with E-state index in [0.29, 0.717) is 0 Å². The van der Waals surface area contributed by atoms with E-state index >= 15 is 0 Å². The first kappa shape index (κ1) is 16.0. The molecule has 0 amide bonds. The summed E-state index contributed by atoms with van der Waals surface area (Å²) in [5.74, 6) is 0. The summed E-state index contributed by atoms with van der Waals surface area (Å²) < 4.78 is 0. The van der Waals surface area contributed by atoms with Crippen molar-refractivity contribution in [3.8, 4) is 21.6 Å². The molecule has 2 heterocycles. The van der Waals surface area contributed by atoms with Crippen molar-refractivity contribution in [1.29, 1.82) is 0 Å². The number of nitrogens with one attached hydrogen (secondary N) is 1. The molecule has 0 saturated carbocycles. The predicted molar refractivity (Wildman–Crippen MR) is 99.2 cm³/mol. The van der Waals surface area contributed by atoms with Gasteiger partial charge in [0, 0.05) is 46.8 Å². The normalized spacial score (nSPS) is 10.7. The number of hydrogen-bond acceptors (Lipinski definition) is 4. The third kappa shape index (κ3) is 3.71. The van der Waals surface area contributed by atoms with Gasteiger partial charge >= 0.3 is 0 Å². The van der Waals surface area contributed by atoms with Gasteiger partial charge < -0.3 is 5.32 Å². The molecular formula is C18H18ClN3S. The fourth-order valence-electron chi connectivity index (χ4n) is 2.36. The van der Waals surface area contributed by atoms with E-state index in [1.54, 1.807) is 17.5 Å². The summed E-state index contributed by atoms with van der Waals surface area (Å²) in [4.78, 5) is 9.85. The van der Waals surface area contributed by atoms with Crippen LogP contribution in [0.2, 0.25) is 5.02 Å². The molecule has 1 N–H and O–H groups in total. The second kappa shape index (κ2) is 7.57. The molecule has 0 unspecified atom stereocenters. The highest BCUT2D eigenvalue weighted by molar-refractivity contribution is 7.18. The van der Waals surface area contributed by atoms with Gasteiger partial charge in [-0.1, -0.05) is 54.5 Å². The summed E-state index contributed by atoms with van der Waals surface area (Å²) >= 11 is 8.01. The lowest BCUT2D eigenvalue weighted by atomic mass is 10.0. The van der Waals surface area contributed by atoms with E-state index in [-0.39, 0.29) is 0 Å². The van der Waals surface area contributed by atoms with E-state index in [1.165, 1.54) is 6.42 Å². The maximum Gasteiger partial charge on any atom is 0.183 e. The molecule has 5 heteroatoms. The number of halogens is 1. The smallest absolute Gasteiger partial charge is 0.183 e. The summed E-state index contributed by atoms with van der Waals surface area (Å²) in [5.41, 5.74) is 3.13. The van der Waals surface area contributed by atoms with E-state index in [2.05, 4.69) is 22.2 Å². The molecule has 0 aliphatic rings. The Labute approximate surface area is 145 Å². The lowest BCUT2D eigenvalue weighted by molar-refractivity contribution is 0.833. The van der Waals surface area contributed by atoms with Gasteiger partial charge in [0.05, 0.1) is 4.88 Å². The molecule has 3 nitrogen and oxygen atoms in total. The van der Waals surface area contributed by atoms with Crippen LogP contribution >= 0.6 is 22.9 Å². The zero-order chi connectivity index (χ0) is 16.1. The van der Waals surface area contributed by atoms with E-state index in [1.807, 2.05) is 42.7 Å². The summed E-state index contributed by atoms with van der Waals surface area (Å²) in [6.07, 6.45) is 7.90. The summed E-state index contributed by atoms with van der Waals surface area (Å²) in [6.45, 7) is 3.14. The molecule has 3 rings (SSSR count). The minimum Gasteiger partial charge on any atom is -0.362 e. The Bertz CT molecular complexity index is 785. The maximum absolute atomic E-state index is 6.36. The van der Waals surface area contributed by atoms with Crippen LogP contribution in [0.3, 0.4) is 0 Å². The Morgan fingerprint density at radius 1 is 1.09 bits per heavy atom. The minimum atomic E-state index is 0.729. The molecule has 3 aromatic rings. The van der Waals surface area contributed by atoms with Crippen LogP contribution in [0.15, 0.2) is 48.9 Å². The van der Waals surface area contributed by atoms with Crippen molar-refractivity contribution in [2.75, 3.05) is 11.9 Å². The van der Waals surface area contributed by atoms with Gasteiger partial charge in [-0.3, -0.25) is 4.98 Å². The Morgan fingerprint density at radius 2 is 1.96 bits per heavy atom. The van der Waals surface area contributed by atoms with Gasteiger partial charge in [0.25, 0.3) is 0 Å². The van der Waals surface area contributed by atoms with Crippen LogP contribution < -0.4 is 5.32 Å². The maximum atomic E-state index is 6.36. The van der Waals surface area contributed by atoms with Crippen molar-refractivity contribution in [2.24, 2.45) is 0 Å². The van der Waals surface area contributed by atoms with E-state index in [9.17, 15) is 0 Å². The molecule has 118 valence electrons. The third-order valence-corrected chi connectivity index (χ3v) is 4.88. The number of unbranched alkanes of at least 4 members (excludes halogenated alkanes) is 1. The number of thiazole rings is 1. The van der Waals surface area contributed by atoms with Gasteiger partial charge in [-0.2, -0.15) is 0 Å². The predicted octanol–water partition coefficient (Wildman–Crippen LogP) is 5.74. The van der Waals surface area contributed by atoms with Crippen molar-refractivity contribution in [1.82, 2.24) is 9.97 Å². The van der Waals surface area contributed by atoms with Crippen LogP contribution in [0.5, 0.6) is 0 Å². The first-order chi connectivity index (χ1) is 11.3. The SMILES string of the molecule is CCCCNc1ncc(-c2ccncc2-c2ccccc2Cl)s1. The molecule has 0 saturated heterocycles. The summed E-state index contributed by atoms with van der Waals surface area (Å²) in [6, 6.07) is 9.86. The van der Waals surface area contributed by atoms with Crippen molar-refractivity contribution < 1.29 is 0 Å². The number of aromatic nitrogens is 2. The van der Waals surface area contributed by atoms with Crippen LogP contribution in [0, 0.1) is 0 Å². The Balaban J connectivity index is 1.94. The van der Waals surface area contributed by atoms with Crippen LogP contribution in [0.25, 0.3) is 21.6 Å². The van der Waals surface area contributed by atoms with Crippen molar-refractivity contribution in [3.63, 3.8) is 0 Å². The third-order valence-electron chi connectivity index (χ3n) is 3.56. The van der Waals surface area contributed by atoms with Gasteiger partial charge in [0.2, 0.25) is 0 Å². The van der Waals surface area contributed by atoms with E-state index in [4.69, 9.17) is 11.6 Å². The largest absolute Gasteiger partial charge is 0.362 e. The second-order valence-corrected chi connectivity index (χ2v) is 6.65. The molecule has 23 heavy (non-hydrogen) atoms. The Hall–Kier alpha value is -1.91. The lowest BCUT2D eigenvalue weighted by Gasteiger charge is -2.08. The fourth-order valence-corrected chi connectivity index (χ4v) is 3.47. The molecule has 0 atom stereocenters. The van der Waals surface area contributed by atoms with Gasteiger partial charge in [0.15, 0.2) is 5.13 Å². The second-order valence-electron chi connectivity index (χ2n) is 5.21. The minimum absolute atomic E-state index is 0.729. The Kier molecular flexibility index (Phi) is 5.26. The molecule has 2 aromatic heterocycles. The monoisotopic (exact) mass is 343 g/mol. The van der Waals surface area contributed by atoms with Gasteiger partial charge in [-0.05, 0) is 18.6 Å². The first-order valence-electron chi connectivity index (χ1n) is 7.68. The molecule has 0 aliphatic heterocycles. The topological polar surface area (TPSA) is 37.8 Å². The standard InChI is InChI=1S/C18H18ClN3S/c1-2-3-9-21-18-22-12-17(23-18)14-8-10-20-11-15(14)13-6-4-5-7-16(13)19/h4-8,10-12H,2-3,9H2,1H3,(H,21,22). The number of hydrogen-bond donors (Lipinski definition) is 1. The highest BCUT2D eigenvalue weighted by Gasteiger charge is 2.12. The van der Waals surface area contributed by atoms with Crippen LogP contribution in [0.4, 0.5) is 5.13 Å². The Morgan fingerprint density at radius 3 is 2.78 bits per heavy atom. The zero-order valence-electron chi connectivity index (χ0n) is 12.9. The van der Waals surface area contributed by atoms with Crippen molar-refractivity contribution >= 4 is 28.1 Å². The van der Waals surface area contributed by atoms with Gasteiger partial charge in [-0.25, -0.2) is 4.98 Å². The molecule has 0 fully saturated rings. The zero-order valence-corrected chi connectivity index (χ0v) is 14.5. The lowest BCUT2D eigenvalue weighted by Crippen LogP contribution is -1.99. The summed E-state index contributed by atoms with van der Waals surface area (Å²) in [7, 11) is 0. The molecule has 0 radical (unpaired) electrons. The van der Waals surface area contributed by atoms with Crippen LogP contribution in [0.1, 0.15) is 19.8 Å². The van der Waals surface area contributed by atoms with Crippen molar-refractivity contribution in [2.45, 2.75) is 19.8 Å². The van der Waals surface area contributed by atoms with Crippen LogP contribution in [-0.4, -0.2) is 16.5 Å². The highest BCUT2D eigenvalue weighted by atomic mass is 35.5. The van der Waals surface area contributed by atoms with Gasteiger partial charge in [0.1, 0.15) is 0 Å².